The van der Waals surface area contributed by atoms with Crippen molar-refractivity contribution in [2.45, 2.75) is 13.3 Å². The molecule has 0 unspecified atom stereocenters. The monoisotopic (exact) mass is 272 g/mol. The summed E-state index contributed by atoms with van der Waals surface area (Å²) in [6.07, 6.45) is 0.474. The van der Waals surface area contributed by atoms with E-state index in [9.17, 15) is 4.79 Å². The van der Waals surface area contributed by atoms with E-state index in [0.29, 0.717) is 23.5 Å². The fourth-order valence-corrected chi connectivity index (χ4v) is 1.89. The Kier molecular flexibility index (Phi) is 4.15. The van der Waals surface area contributed by atoms with Gasteiger partial charge in [-0.15, -0.1) is 0 Å². The second-order valence-electron chi connectivity index (χ2n) is 2.97. The van der Waals surface area contributed by atoms with Gasteiger partial charge in [0, 0.05) is 12.0 Å². The van der Waals surface area contributed by atoms with Gasteiger partial charge in [0.05, 0.1) is 18.7 Å². The summed E-state index contributed by atoms with van der Waals surface area (Å²) in [5.74, 6) is 1.24. The van der Waals surface area contributed by atoms with Crippen LogP contribution in [0, 0.1) is 0 Å². The molecule has 4 heteroatoms. The van der Waals surface area contributed by atoms with E-state index in [4.69, 9.17) is 9.47 Å². The highest BCUT2D eigenvalue weighted by atomic mass is 79.9. The van der Waals surface area contributed by atoms with Gasteiger partial charge < -0.3 is 9.47 Å². The van der Waals surface area contributed by atoms with Crippen molar-refractivity contribution in [3.63, 3.8) is 0 Å². The highest BCUT2D eigenvalue weighted by Gasteiger charge is 2.13. The Balaban J connectivity index is 3.25. The van der Waals surface area contributed by atoms with E-state index in [1.54, 1.807) is 26.4 Å². The molecule has 0 aliphatic heterocycles. The standard InChI is InChI=1S/C11H13BrO3/c1-4-9(13)7-5-8(12)11(15-3)10(6-7)14-2/h5-6H,4H2,1-3H3. The lowest BCUT2D eigenvalue weighted by Crippen LogP contribution is -1.99. The van der Waals surface area contributed by atoms with Crippen LogP contribution >= 0.6 is 15.9 Å². The lowest BCUT2D eigenvalue weighted by Gasteiger charge is -2.10. The molecule has 0 amide bonds. The van der Waals surface area contributed by atoms with Crippen LogP contribution in [0.1, 0.15) is 23.7 Å². The van der Waals surface area contributed by atoms with Gasteiger partial charge in [0.2, 0.25) is 0 Å². The normalized spacial score (nSPS) is 9.87. The zero-order valence-corrected chi connectivity index (χ0v) is 10.6. The van der Waals surface area contributed by atoms with E-state index in [1.807, 2.05) is 6.92 Å². The van der Waals surface area contributed by atoms with E-state index in [-0.39, 0.29) is 5.78 Å². The van der Waals surface area contributed by atoms with Crippen molar-refractivity contribution in [2.24, 2.45) is 0 Å². The van der Waals surface area contributed by atoms with Crippen LogP contribution in [0.5, 0.6) is 11.5 Å². The number of halogens is 1. The number of ketones is 1. The van der Waals surface area contributed by atoms with Crippen molar-refractivity contribution in [1.29, 1.82) is 0 Å². The number of ether oxygens (including phenoxy) is 2. The minimum absolute atomic E-state index is 0.0802. The summed E-state index contributed by atoms with van der Waals surface area (Å²) >= 11 is 3.34. The van der Waals surface area contributed by atoms with Crippen LogP contribution < -0.4 is 9.47 Å². The molecule has 82 valence electrons. The van der Waals surface area contributed by atoms with Crippen molar-refractivity contribution in [3.8, 4) is 11.5 Å². The molecule has 0 spiro atoms. The Labute approximate surface area is 97.5 Å². The minimum Gasteiger partial charge on any atom is -0.493 e. The quantitative estimate of drug-likeness (QED) is 0.791. The third kappa shape index (κ3) is 2.50. The van der Waals surface area contributed by atoms with Gasteiger partial charge in [-0.2, -0.15) is 0 Å². The van der Waals surface area contributed by atoms with Gasteiger partial charge >= 0.3 is 0 Å². The van der Waals surface area contributed by atoms with Gasteiger partial charge in [-0.25, -0.2) is 0 Å². The lowest BCUT2D eigenvalue weighted by atomic mass is 10.1. The molecular formula is C11H13BrO3. The number of carbonyl (C=O) groups excluding carboxylic acids is 1. The van der Waals surface area contributed by atoms with Crippen LogP contribution in [0.25, 0.3) is 0 Å². The number of benzene rings is 1. The summed E-state index contributed by atoms with van der Waals surface area (Å²) in [7, 11) is 3.11. The maximum Gasteiger partial charge on any atom is 0.174 e. The molecule has 0 fully saturated rings. The Hall–Kier alpha value is -1.03. The summed E-state index contributed by atoms with van der Waals surface area (Å²) in [6, 6.07) is 3.43. The molecule has 0 aliphatic rings. The van der Waals surface area contributed by atoms with E-state index in [2.05, 4.69) is 15.9 Å². The predicted molar refractivity (Wildman–Crippen MR) is 61.9 cm³/mol. The largest absolute Gasteiger partial charge is 0.493 e. The molecule has 0 bridgehead atoms. The van der Waals surface area contributed by atoms with Gasteiger partial charge in [-0.3, -0.25) is 4.79 Å². The summed E-state index contributed by atoms with van der Waals surface area (Å²) < 4.78 is 11.0. The number of carbonyl (C=O) groups is 1. The van der Waals surface area contributed by atoms with Crippen molar-refractivity contribution in [1.82, 2.24) is 0 Å². The Morgan fingerprint density at radius 1 is 1.33 bits per heavy atom. The molecular weight excluding hydrogens is 260 g/mol. The van der Waals surface area contributed by atoms with E-state index in [1.165, 1.54) is 0 Å². The first-order chi connectivity index (χ1) is 7.13. The molecule has 0 saturated heterocycles. The minimum atomic E-state index is 0.0802. The van der Waals surface area contributed by atoms with Crippen LogP contribution in [-0.2, 0) is 0 Å². The first-order valence-electron chi connectivity index (χ1n) is 4.58. The van der Waals surface area contributed by atoms with Crippen molar-refractivity contribution >= 4 is 21.7 Å². The molecule has 0 radical (unpaired) electrons. The fourth-order valence-electron chi connectivity index (χ4n) is 1.28. The summed E-state index contributed by atoms with van der Waals surface area (Å²) in [5, 5.41) is 0. The molecule has 1 aromatic rings. The van der Waals surface area contributed by atoms with Crippen LogP contribution in [0.3, 0.4) is 0 Å². The van der Waals surface area contributed by atoms with Gasteiger partial charge in [0.1, 0.15) is 0 Å². The van der Waals surface area contributed by atoms with Gasteiger partial charge in [0.25, 0.3) is 0 Å². The lowest BCUT2D eigenvalue weighted by molar-refractivity contribution is 0.0987. The van der Waals surface area contributed by atoms with Crippen molar-refractivity contribution in [3.05, 3.63) is 22.2 Å². The van der Waals surface area contributed by atoms with Crippen LogP contribution in [0.2, 0.25) is 0 Å². The summed E-state index contributed by atoms with van der Waals surface area (Å²) in [6.45, 7) is 1.83. The van der Waals surface area contributed by atoms with Crippen LogP contribution in [0.15, 0.2) is 16.6 Å². The molecule has 3 nitrogen and oxygen atoms in total. The first kappa shape index (κ1) is 12.0. The zero-order chi connectivity index (χ0) is 11.4. The van der Waals surface area contributed by atoms with Crippen LogP contribution in [0.4, 0.5) is 0 Å². The van der Waals surface area contributed by atoms with Gasteiger partial charge in [0.15, 0.2) is 17.3 Å². The maximum atomic E-state index is 11.5. The highest BCUT2D eigenvalue weighted by Crippen LogP contribution is 2.36. The SMILES string of the molecule is CCC(=O)c1cc(Br)c(OC)c(OC)c1. The molecule has 15 heavy (non-hydrogen) atoms. The smallest absolute Gasteiger partial charge is 0.174 e. The summed E-state index contributed by atoms with van der Waals surface area (Å²) in [5.41, 5.74) is 0.627. The fraction of sp³-hybridized carbons (Fsp3) is 0.364. The van der Waals surface area contributed by atoms with E-state index < -0.39 is 0 Å². The second-order valence-corrected chi connectivity index (χ2v) is 3.82. The molecule has 1 rings (SSSR count). The number of Topliss-reactive ketones (excluding diaryl/α,β-unsaturated/α-hetero) is 1. The Morgan fingerprint density at radius 3 is 2.47 bits per heavy atom. The number of methoxy groups -OCH3 is 2. The Bertz CT molecular complexity index is 374. The highest BCUT2D eigenvalue weighted by molar-refractivity contribution is 9.10. The predicted octanol–water partition coefficient (Wildman–Crippen LogP) is 3.06. The van der Waals surface area contributed by atoms with Crippen molar-refractivity contribution < 1.29 is 14.3 Å². The Morgan fingerprint density at radius 2 is 2.00 bits per heavy atom. The average Bonchev–Trinajstić information content (AvgIpc) is 2.26. The number of hydrogen-bond acceptors (Lipinski definition) is 3. The maximum absolute atomic E-state index is 11.5. The number of rotatable bonds is 4. The average molecular weight is 273 g/mol. The number of hydrogen-bond donors (Lipinski definition) is 0. The second kappa shape index (κ2) is 5.16. The van der Waals surface area contributed by atoms with Crippen molar-refractivity contribution in [2.75, 3.05) is 14.2 Å². The van der Waals surface area contributed by atoms with Gasteiger partial charge in [-0.1, -0.05) is 6.92 Å². The first-order valence-corrected chi connectivity index (χ1v) is 5.38. The van der Waals surface area contributed by atoms with E-state index in [0.717, 1.165) is 4.47 Å². The third-order valence-corrected chi connectivity index (χ3v) is 2.67. The topological polar surface area (TPSA) is 35.5 Å². The molecule has 0 aliphatic carbocycles. The molecule has 1 aromatic carbocycles. The van der Waals surface area contributed by atoms with Crippen LogP contribution in [-0.4, -0.2) is 20.0 Å². The molecule has 0 atom stereocenters. The molecule has 0 aromatic heterocycles. The third-order valence-electron chi connectivity index (χ3n) is 2.08. The van der Waals surface area contributed by atoms with Gasteiger partial charge in [-0.05, 0) is 28.1 Å². The molecule has 0 saturated carbocycles. The zero-order valence-electron chi connectivity index (χ0n) is 8.96. The molecule has 0 N–H and O–H groups in total. The summed E-state index contributed by atoms with van der Waals surface area (Å²) in [4.78, 5) is 11.5. The van der Waals surface area contributed by atoms with E-state index >= 15 is 0 Å². The molecule has 0 heterocycles.